The number of aromatic nitrogens is 1. The van der Waals surface area contributed by atoms with E-state index in [9.17, 15) is 8.42 Å². The molecule has 0 saturated carbocycles. The molecule has 0 fully saturated rings. The lowest BCUT2D eigenvalue weighted by Gasteiger charge is -2.09. The SMILES string of the molecule is CCCCS(=O)(=O)Nc1ccc(NCCc2cccc(Cl)c2)nc1. The molecule has 1 aromatic carbocycles. The smallest absolute Gasteiger partial charge is 0.232 e. The van der Waals surface area contributed by atoms with Crippen LogP contribution in [0.15, 0.2) is 42.6 Å². The zero-order chi connectivity index (χ0) is 17.4. The van der Waals surface area contributed by atoms with Gasteiger partial charge in [0.05, 0.1) is 17.6 Å². The van der Waals surface area contributed by atoms with Gasteiger partial charge in [-0.25, -0.2) is 13.4 Å². The van der Waals surface area contributed by atoms with E-state index in [1.807, 2.05) is 31.2 Å². The molecule has 7 heteroatoms. The summed E-state index contributed by atoms with van der Waals surface area (Å²) in [5.41, 5.74) is 1.63. The minimum atomic E-state index is -3.29. The van der Waals surface area contributed by atoms with Crippen molar-refractivity contribution in [3.05, 3.63) is 53.2 Å². The normalized spacial score (nSPS) is 11.2. The lowest BCUT2D eigenvalue weighted by Crippen LogP contribution is -2.16. The van der Waals surface area contributed by atoms with Gasteiger partial charge in [-0.3, -0.25) is 4.72 Å². The average Bonchev–Trinajstić information content (AvgIpc) is 2.54. The Bertz CT molecular complexity index is 749. The molecule has 0 aliphatic heterocycles. The molecule has 0 aliphatic carbocycles. The second kappa shape index (κ2) is 8.89. The van der Waals surface area contributed by atoms with Gasteiger partial charge in [0.1, 0.15) is 5.82 Å². The Balaban J connectivity index is 1.83. The quantitative estimate of drug-likeness (QED) is 0.704. The first-order chi connectivity index (χ1) is 11.5. The molecule has 0 atom stereocenters. The van der Waals surface area contributed by atoms with Crippen molar-refractivity contribution < 1.29 is 8.42 Å². The molecule has 0 spiro atoms. The number of hydrogen-bond acceptors (Lipinski definition) is 4. The number of halogens is 1. The lowest BCUT2D eigenvalue weighted by molar-refractivity contribution is 0.598. The summed E-state index contributed by atoms with van der Waals surface area (Å²) in [5.74, 6) is 0.830. The largest absolute Gasteiger partial charge is 0.370 e. The Morgan fingerprint density at radius 2 is 2.04 bits per heavy atom. The van der Waals surface area contributed by atoms with Crippen LogP contribution < -0.4 is 10.0 Å². The fourth-order valence-corrected chi connectivity index (χ4v) is 3.61. The van der Waals surface area contributed by atoms with Crippen molar-refractivity contribution in [1.29, 1.82) is 0 Å². The summed E-state index contributed by atoms with van der Waals surface area (Å²) in [6.45, 7) is 2.68. The maximum Gasteiger partial charge on any atom is 0.232 e. The maximum atomic E-state index is 11.8. The second-order valence-electron chi connectivity index (χ2n) is 5.51. The zero-order valence-corrected chi connectivity index (χ0v) is 15.2. The van der Waals surface area contributed by atoms with Gasteiger partial charge in [0, 0.05) is 11.6 Å². The molecule has 0 saturated heterocycles. The molecule has 130 valence electrons. The third-order valence-electron chi connectivity index (χ3n) is 3.41. The van der Waals surface area contributed by atoms with Crippen molar-refractivity contribution in [3.63, 3.8) is 0 Å². The average molecular weight is 368 g/mol. The summed E-state index contributed by atoms with van der Waals surface area (Å²) in [4.78, 5) is 4.23. The number of rotatable bonds is 9. The van der Waals surface area contributed by atoms with E-state index in [4.69, 9.17) is 11.6 Å². The Morgan fingerprint density at radius 1 is 1.21 bits per heavy atom. The fourth-order valence-electron chi connectivity index (χ4n) is 2.15. The van der Waals surface area contributed by atoms with E-state index in [0.29, 0.717) is 17.9 Å². The molecule has 0 aliphatic rings. The van der Waals surface area contributed by atoms with Gasteiger partial charge in [-0.1, -0.05) is 37.1 Å². The number of sulfonamides is 1. The van der Waals surface area contributed by atoms with E-state index in [2.05, 4.69) is 15.0 Å². The zero-order valence-electron chi connectivity index (χ0n) is 13.6. The molecule has 2 N–H and O–H groups in total. The summed E-state index contributed by atoms with van der Waals surface area (Å²) in [6, 6.07) is 11.2. The van der Waals surface area contributed by atoms with Crippen LogP contribution in [0.5, 0.6) is 0 Å². The molecular weight excluding hydrogens is 346 g/mol. The van der Waals surface area contributed by atoms with Gasteiger partial charge in [-0.05, 0) is 42.7 Å². The van der Waals surface area contributed by atoms with Crippen LogP contribution in [0.1, 0.15) is 25.3 Å². The highest BCUT2D eigenvalue weighted by Crippen LogP contribution is 2.13. The maximum absolute atomic E-state index is 11.8. The molecule has 0 amide bonds. The molecule has 0 bridgehead atoms. The monoisotopic (exact) mass is 367 g/mol. The Kier molecular flexibility index (Phi) is 6.87. The minimum absolute atomic E-state index is 0.128. The number of benzene rings is 1. The number of nitrogens with one attached hydrogen (secondary N) is 2. The standard InChI is InChI=1S/C17H22ClN3O2S/c1-2-3-11-24(22,23)21-16-7-8-17(20-13-16)19-10-9-14-5-4-6-15(18)12-14/h4-8,12-13,21H,2-3,9-11H2,1H3,(H,19,20). The molecular formula is C17H22ClN3O2S. The van der Waals surface area contributed by atoms with E-state index in [1.54, 1.807) is 12.1 Å². The molecule has 1 aromatic heterocycles. The van der Waals surface area contributed by atoms with Crippen LogP contribution in [0.2, 0.25) is 5.02 Å². The third kappa shape index (κ3) is 6.37. The van der Waals surface area contributed by atoms with Crippen molar-refractivity contribution >= 4 is 33.1 Å². The molecule has 2 rings (SSSR count). The fraction of sp³-hybridized carbons (Fsp3) is 0.353. The molecule has 2 aromatic rings. The topological polar surface area (TPSA) is 71.1 Å². The van der Waals surface area contributed by atoms with Crippen LogP contribution in [0, 0.1) is 0 Å². The van der Waals surface area contributed by atoms with Gasteiger partial charge < -0.3 is 5.32 Å². The van der Waals surface area contributed by atoms with Gasteiger partial charge in [0.2, 0.25) is 10.0 Å². The predicted octanol–water partition coefficient (Wildman–Crippen LogP) is 3.93. The van der Waals surface area contributed by atoms with Gasteiger partial charge in [-0.2, -0.15) is 0 Å². The Morgan fingerprint density at radius 3 is 2.71 bits per heavy atom. The summed E-state index contributed by atoms with van der Waals surface area (Å²) in [5, 5.41) is 3.93. The van der Waals surface area contributed by atoms with Gasteiger partial charge in [0.15, 0.2) is 0 Å². The van der Waals surface area contributed by atoms with Crippen molar-refractivity contribution in [1.82, 2.24) is 4.98 Å². The summed E-state index contributed by atoms with van der Waals surface area (Å²) >= 11 is 5.95. The highest BCUT2D eigenvalue weighted by atomic mass is 35.5. The first kappa shape index (κ1) is 18.5. The predicted molar refractivity (Wildman–Crippen MR) is 100 cm³/mol. The van der Waals surface area contributed by atoms with Crippen molar-refractivity contribution in [2.24, 2.45) is 0 Å². The van der Waals surface area contributed by atoms with E-state index in [1.165, 1.54) is 6.20 Å². The number of hydrogen-bond donors (Lipinski definition) is 2. The van der Waals surface area contributed by atoms with Crippen LogP contribution in [-0.2, 0) is 16.4 Å². The number of unbranched alkanes of at least 4 members (excludes halogenated alkanes) is 1. The van der Waals surface area contributed by atoms with Crippen LogP contribution in [0.3, 0.4) is 0 Å². The molecule has 24 heavy (non-hydrogen) atoms. The van der Waals surface area contributed by atoms with Crippen molar-refractivity contribution in [2.45, 2.75) is 26.2 Å². The van der Waals surface area contributed by atoms with Crippen molar-refractivity contribution in [2.75, 3.05) is 22.3 Å². The lowest BCUT2D eigenvalue weighted by atomic mass is 10.1. The van der Waals surface area contributed by atoms with Gasteiger partial charge in [0.25, 0.3) is 0 Å². The third-order valence-corrected chi connectivity index (χ3v) is 5.02. The Labute approximate surface area is 148 Å². The summed E-state index contributed by atoms with van der Waals surface area (Å²) < 4.78 is 26.2. The molecule has 1 heterocycles. The highest BCUT2D eigenvalue weighted by Gasteiger charge is 2.09. The number of anilines is 2. The second-order valence-corrected chi connectivity index (χ2v) is 7.79. The first-order valence-electron chi connectivity index (χ1n) is 7.93. The van der Waals surface area contributed by atoms with Crippen LogP contribution >= 0.6 is 11.6 Å². The molecule has 0 unspecified atom stereocenters. The van der Waals surface area contributed by atoms with E-state index >= 15 is 0 Å². The first-order valence-corrected chi connectivity index (χ1v) is 9.96. The van der Waals surface area contributed by atoms with Crippen LogP contribution in [-0.4, -0.2) is 25.7 Å². The van der Waals surface area contributed by atoms with Crippen LogP contribution in [0.25, 0.3) is 0 Å². The summed E-state index contributed by atoms with van der Waals surface area (Å²) in [6.07, 6.45) is 3.83. The van der Waals surface area contributed by atoms with E-state index in [0.717, 1.165) is 30.0 Å². The van der Waals surface area contributed by atoms with Gasteiger partial charge >= 0.3 is 0 Å². The Hall–Kier alpha value is -1.79. The molecule has 0 radical (unpaired) electrons. The number of pyridine rings is 1. The molecule has 5 nitrogen and oxygen atoms in total. The van der Waals surface area contributed by atoms with E-state index < -0.39 is 10.0 Å². The van der Waals surface area contributed by atoms with Crippen LogP contribution in [0.4, 0.5) is 11.5 Å². The van der Waals surface area contributed by atoms with Gasteiger partial charge in [-0.15, -0.1) is 0 Å². The van der Waals surface area contributed by atoms with E-state index in [-0.39, 0.29) is 5.75 Å². The van der Waals surface area contributed by atoms with Crippen molar-refractivity contribution in [3.8, 4) is 0 Å². The summed E-state index contributed by atoms with van der Waals surface area (Å²) in [7, 11) is -3.29. The highest BCUT2D eigenvalue weighted by molar-refractivity contribution is 7.92. The minimum Gasteiger partial charge on any atom is -0.370 e. The number of nitrogens with zero attached hydrogens (tertiary/aromatic N) is 1.